The minimum Gasteiger partial charge on any atom is -0.341 e. The summed E-state index contributed by atoms with van der Waals surface area (Å²) in [5.41, 5.74) is 0.344. The van der Waals surface area contributed by atoms with Crippen LogP contribution in [0.4, 0.5) is 0 Å². The zero-order chi connectivity index (χ0) is 16.7. The van der Waals surface area contributed by atoms with Gasteiger partial charge < -0.3 is 9.80 Å². The van der Waals surface area contributed by atoms with Crippen molar-refractivity contribution in [2.24, 2.45) is 22.7 Å². The highest BCUT2D eigenvalue weighted by Gasteiger charge is 2.39. The summed E-state index contributed by atoms with van der Waals surface area (Å²) in [7, 11) is 0. The van der Waals surface area contributed by atoms with Crippen LogP contribution in [-0.2, 0) is 9.59 Å². The first-order valence-corrected chi connectivity index (χ1v) is 8.54. The molecule has 2 rings (SSSR count). The van der Waals surface area contributed by atoms with Crippen LogP contribution < -0.4 is 0 Å². The number of rotatable bonds is 3. The molecule has 0 aromatic carbocycles. The Balaban J connectivity index is 1.86. The molecule has 126 valence electrons. The second-order valence-corrected chi connectivity index (χ2v) is 9.21. The smallest absolute Gasteiger partial charge is 0.223 e. The summed E-state index contributed by atoms with van der Waals surface area (Å²) in [5.74, 6) is 1.35. The molecule has 4 nitrogen and oxygen atoms in total. The number of carbonyl (C=O) groups is 2. The van der Waals surface area contributed by atoms with Gasteiger partial charge in [0.1, 0.15) is 0 Å². The van der Waals surface area contributed by atoms with Crippen LogP contribution in [0.3, 0.4) is 0 Å². The van der Waals surface area contributed by atoms with E-state index in [0.717, 1.165) is 13.1 Å². The highest BCUT2D eigenvalue weighted by Crippen LogP contribution is 2.35. The fraction of sp³-hybridized carbons (Fsp3) is 0.889. The first kappa shape index (κ1) is 17.3. The molecular formula is C18H32N2O2. The van der Waals surface area contributed by atoms with Crippen molar-refractivity contribution < 1.29 is 9.59 Å². The van der Waals surface area contributed by atoms with Crippen molar-refractivity contribution in [3.05, 3.63) is 0 Å². The molecule has 2 aliphatic rings. The molecule has 2 fully saturated rings. The maximum absolute atomic E-state index is 12.2. The third kappa shape index (κ3) is 3.82. The molecule has 4 heteroatoms. The Hall–Kier alpha value is -1.06. The van der Waals surface area contributed by atoms with E-state index < -0.39 is 0 Å². The van der Waals surface area contributed by atoms with Crippen LogP contribution in [-0.4, -0.2) is 47.8 Å². The first-order chi connectivity index (χ1) is 9.98. The van der Waals surface area contributed by atoms with E-state index in [9.17, 15) is 9.59 Å². The van der Waals surface area contributed by atoms with Gasteiger partial charge in [-0.1, -0.05) is 41.5 Å². The summed E-state index contributed by atoms with van der Waals surface area (Å²) in [6.45, 7) is 16.3. The van der Waals surface area contributed by atoms with E-state index in [0.29, 0.717) is 37.8 Å². The van der Waals surface area contributed by atoms with Crippen molar-refractivity contribution >= 4 is 11.8 Å². The van der Waals surface area contributed by atoms with Crippen molar-refractivity contribution in [3.63, 3.8) is 0 Å². The Bertz CT molecular complexity index is 403. The SMILES string of the molecule is CC(C)(C)C1CC(=O)N(CCN2CC(C(C)(C)C)CC2=O)C1. The maximum Gasteiger partial charge on any atom is 0.223 e. The largest absolute Gasteiger partial charge is 0.341 e. The lowest BCUT2D eigenvalue weighted by atomic mass is 9.80. The average Bonchev–Trinajstić information content (AvgIpc) is 2.89. The number of likely N-dealkylation sites (tertiary alicyclic amines) is 2. The van der Waals surface area contributed by atoms with Gasteiger partial charge in [-0.3, -0.25) is 9.59 Å². The number of carbonyl (C=O) groups excluding carboxylic acids is 2. The quantitative estimate of drug-likeness (QED) is 0.804. The lowest BCUT2D eigenvalue weighted by molar-refractivity contribution is -0.131. The highest BCUT2D eigenvalue weighted by molar-refractivity contribution is 5.80. The molecule has 0 aliphatic carbocycles. The van der Waals surface area contributed by atoms with Gasteiger partial charge in [0.25, 0.3) is 0 Å². The van der Waals surface area contributed by atoms with Gasteiger partial charge in [-0.2, -0.15) is 0 Å². The Kier molecular flexibility index (Phi) is 4.61. The molecule has 2 aliphatic heterocycles. The molecule has 0 radical (unpaired) electrons. The molecule has 22 heavy (non-hydrogen) atoms. The van der Waals surface area contributed by atoms with E-state index in [1.165, 1.54) is 0 Å². The zero-order valence-corrected chi connectivity index (χ0v) is 15.1. The molecule has 0 aromatic heterocycles. The predicted octanol–water partition coefficient (Wildman–Crippen LogP) is 2.78. The van der Waals surface area contributed by atoms with Gasteiger partial charge in [0.15, 0.2) is 0 Å². The molecule has 0 spiro atoms. The summed E-state index contributed by atoms with van der Waals surface area (Å²) in [6.07, 6.45) is 1.31. The summed E-state index contributed by atoms with van der Waals surface area (Å²) < 4.78 is 0. The van der Waals surface area contributed by atoms with Crippen LogP contribution in [0.5, 0.6) is 0 Å². The van der Waals surface area contributed by atoms with E-state index >= 15 is 0 Å². The Morgan fingerprint density at radius 3 is 1.32 bits per heavy atom. The number of nitrogens with zero attached hydrogens (tertiary/aromatic N) is 2. The van der Waals surface area contributed by atoms with Gasteiger partial charge in [-0.15, -0.1) is 0 Å². The third-order valence-electron chi connectivity index (χ3n) is 5.52. The van der Waals surface area contributed by atoms with E-state index in [1.54, 1.807) is 0 Å². The fourth-order valence-corrected chi connectivity index (χ4v) is 3.38. The second-order valence-electron chi connectivity index (χ2n) is 9.21. The molecule has 2 amide bonds. The monoisotopic (exact) mass is 308 g/mol. The maximum atomic E-state index is 12.2. The minimum atomic E-state index is 0.172. The summed E-state index contributed by atoms with van der Waals surface area (Å²) in [5, 5.41) is 0. The molecule has 2 heterocycles. The van der Waals surface area contributed by atoms with Gasteiger partial charge in [-0.25, -0.2) is 0 Å². The Morgan fingerprint density at radius 2 is 1.09 bits per heavy atom. The second kappa shape index (κ2) is 5.86. The van der Waals surface area contributed by atoms with Crippen LogP contribution in [0.15, 0.2) is 0 Å². The van der Waals surface area contributed by atoms with E-state index in [1.807, 2.05) is 9.80 Å². The normalized spacial score (nSPS) is 27.2. The molecule has 2 unspecified atom stereocenters. The van der Waals surface area contributed by atoms with Gasteiger partial charge in [-0.05, 0) is 22.7 Å². The summed E-state index contributed by atoms with van der Waals surface area (Å²) in [4.78, 5) is 28.2. The molecule has 0 N–H and O–H groups in total. The van der Waals surface area contributed by atoms with E-state index in [4.69, 9.17) is 0 Å². The molecule has 0 saturated carbocycles. The standard InChI is InChI=1S/C18H32N2O2/c1-17(2,3)13-9-15(21)19(11-13)7-8-20-12-14(10-16(20)22)18(4,5)6/h13-14H,7-12H2,1-6H3. The number of hydrogen-bond acceptors (Lipinski definition) is 2. The third-order valence-corrected chi connectivity index (χ3v) is 5.52. The molecule has 0 aromatic rings. The summed E-state index contributed by atoms with van der Waals surface area (Å²) >= 11 is 0. The first-order valence-electron chi connectivity index (χ1n) is 8.54. The number of amides is 2. The lowest BCUT2D eigenvalue weighted by Gasteiger charge is -2.28. The zero-order valence-electron chi connectivity index (χ0n) is 15.1. The Morgan fingerprint density at radius 1 is 0.773 bits per heavy atom. The Labute approximate surface area is 135 Å². The lowest BCUT2D eigenvalue weighted by Crippen LogP contribution is -2.37. The summed E-state index contributed by atoms with van der Waals surface area (Å²) in [6, 6.07) is 0. The van der Waals surface area contributed by atoms with Gasteiger partial charge in [0.05, 0.1) is 0 Å². The van der Waals surface area contributed by atoms with Crippen LogP contribution in [0, 0.1) is 22.7 Å². The molecular weight excluding hydrogens is 276 g/mol. The predicted molar refractivity (Wildman–Crippen MR) is 88.3 cm³/mol. The van der Waals surface area contributed by atoms with Crippen molar-refractivity contribution in [1.82, 2.24) is 9.80 Å². The van der Waals surface area contributed by atoms with E-state index in [2.05, 4.69) is 41.5 Å². The van der Waals surface area contributed by atoms with Crippen molar-refractivity contribution in [1.29, 1.82) is 0 Å². The topological polar surface area (TPSA) is 40.6 Å². The molecule has 2 atom stereocenters. The minimum absolute atomic E-state index is 0.172. The van der Waals surface area contributed by atoms with Crippen LogP contribution >= 0.6 is 0 Å². The van der Waals surface area contributed by atoms with E-state index in [-0.39, 0.29) is 22.6 Å². The van der Waals surface area contributed by atoms with Crippen molar-refractivity contribution in [2.45, 2.75) is 54.4 Å². The number of hydrogen-bond donors (Lipinski definition) is 0. The molecule has 0 bridgehead atoms. The van der Waals surface area contributed by atoms with Crippen molar-refractivity contribution in [3.8, 4) is 0 Å². The van der Waals surface area contributed by atoms with Gasteiger partial charge in [0.2, 0.25) is 11.8 Å². The van der Waals surface area contributed by atoms with Crippen LogP contribution in [0.1, 0.15) is 54.4 Å². The van der Waals surface area contributed by atoms with Gasteiger partial charge in [0, 0.05) is 39.0 Å². The van der Waals surface area contributed by atoms with Crippen LogP contribution in [0.2, 0.25) is 0 Å². The average molecular weight is 308 g/mol. The van der Waals surface area contributed by atoms with Crippen molar-refractivity contribution in [2.75, 3.05) is 26.2 Å². The highest BCUT2D eigenvalue weighted by atomic mass is 16.2. The fourth-order valence-electron chi connectivity index (χ4n) is 3.38. The molecule has 2 saturated heterocycles. The van der Waals surface area contributed by atoms with Crippen LogP contribution in [0.25, 0.3) is 0 Å². The van der Waals surface area contributed by atoms with Gasteiger partial charge >= 0.3 is 0 Å².